The standard InChI is InChI=1S/C20H21FN2O3.C7H5FO2/c21-17-6-4-15(5-7-17)20(25)26-9-8-22-11-14-10-16(13-22)18-2-1-3-19(24)23(18)12-14;8-6-3-1-5(2-4-6)7(9)10/h1-7,14,16H,8-13H2;1-4H,(H,9,10)/t14-,16+;/m0./s1. The van der Waals surface area contributed by atoms with Crippen LogP contribution < -0.4 is 5.56 Å². The van der Waals surface area contributed by atoms with Crippen LogP contribution in [-0.2, 0) is 11.3 Å². The van der Waals surface area contributed by atoms with Crippen molar-refractivity contribution in [3.63, 3.8) is 0 Å². The first-order chi connectivity index (χ1) is 17.3. The summed E-state index contributed by atoms with van der Waals surface area (Å²) in [6, 6.07) is 15.5. The van der Waals surface area contributed by atoms with Crippen LogP contribution in [0.1, 0.15) is 38.7 Å². The van der Waals surface area contributed by atoms with Gasteiger partial charge < -0.3 is 14.4 Å². The second-order valence-electron chi connectivity index (χ2n) is 8.91. The van der Waals surface area contributed by atoms with Crippen molar-refractivity contribution in [3.8, 4) is 0 Å². The van der Waals surface area contributed by atoms with Crippen molar-refractivity contribution in [1.82, 2.24) is 9.47 Å². The Morgan fingerprint density at radius 3 is 2.17 bits per heavy atom. The first kappa shape index (κ1) is 25.2. The lowest BCUT2D eigenvalue weighted by Crippen LogP contribution is -2.47. The maximum Gasteiger partial charge on any atom is 0.338 e. The molecule has 0 saturated carbocycles. The van der Waals surface area contributed by atoms with E-state index in [9.17, 15) is 23.2 Å². The Kier molecular flexibility index (Phi) is 7.90. The second kappa shape index (κ2) is 11.3. The molecule has 2 bridgehead atoms. The average Bonchev–Trinajstić information content (AvgIpc) is 2.86. The summed E-state index contributed by atoms with van der Waals surface area (Å²) in [5.41, 5.74) is 1.65. The summed E-state index contributed by atoms with van der Waals surface area (Å²) in [5.74, 6) is -1.47. The first-order valence-electron chi connectivity index (χ1n) is 11.6. The number of benzene rings is 2. The second-order valence-corrected chi connectivity index (χ2v) is 8.91. The third-order valence-corrected chi connectivity index (χ3v) is 6.37. The quantitative estimate of drug-likeness (QED) is 0.541. The Labute approximate surface area is 206 Å². The Morgan fingerprint density at radius 1 is 0.889 bits per heavy atom. The van der Waals surface area contributed by atoms with Crippen molar-refractivity contribution in [2.75, 3.05) is 26.2 Å². The average molecular weight is 497 g/mol. The van der Waals surface area contributed by atoms with E-state index in [1.807, 2.05) is 16.7 Å². The minimum atomic E-state index is -1.04. The lowest BCUT2D eigenvalue weighted by atomic mass is 9.83. The molecule has 0 amide bonds. The maximum absolute atomic E-state index is 12.9. The van der Waals surface area contributed by atoms with Crippen LogP contribution in [0.25, 0.3) is 0 Å². The summed E-state index contributed by atoms with van der Waals surface area (Å²) in [6.07, 6.45) is 1.11. The van der Waals surface area contributed by atoms with E-state index < -0.39 is 17.8 Å². The summed E-state index contributed by atoms with van der Waals surface area (Å²) in [5, 5.41) is 8.35. The van der Waals surface area contributed by atoms with Crippen LogP contribution in [0.3, 0.4) is 0 Å². The van der Waals surface area contributed by atoms with Crippen LogP contribution in [0, 0.1) is 17.6 Å². The fourth-order valence-corrected chi connectivity index (χ4v) is 4.71. The van der Waals surface area contributed by atoms with Gasteiger partial charge in [0.2, 0.25) is 0 Å². The fourth-order valence-electron chi connectivity index (χ4n) is 4.71. The number of piperidine rings is 1. The number of carboxylic acid groups (broad SMARTS) is 1. The fraction of sp³-hybridized carbons (Fsp3) is 0.296. The monoisotopic (exact) mass is 496 g/mol. The number of likely N-dealkylation sites (tertiary alicyclic amines) is 1. The van der Waals surface area contributed by atoms with E-state index in [0.29, 0.717) is 30.6 Å². The van der Waals surface area contributed by atoms with E-state index in [1.165, 1.54) is 36.4 Å². The number of esters is 1. The molecular formula is C27H26F2N2O5. The minimum absolute atomic E-state index is 0.0823. The number of fused-ring (bicyclic) bond motifs is 4. The number of halogens is 2. The molecule has 188 valence electrons. The zero-order chi connectivity index (χ0) is 25.7. The lowest BCUT2D eigenvalue weighted by molar-refractivity contribution is 0.0403. The molecule has 36 heavy (non-hydrogen) atoms. The molecule has 1 aromatic heterocycles. The molecule has 0 radical (unpaired) electrons. The minimum Gasteiger partial charge on any atom is -0.478 e. The number of hydrogen-bond acceptors (Lipinski definition) is 5. The largest absolute Gasteiger partial charge is 0.478 e. The Hall–Kier alpha value is -3.85. The molecule has 2 aliphatic rings. The van der Waals surface area contributed by atoms with Crippen molar-refractivity contribution >= 4 is 11.9 Å². The topological polar surface area (TPSA) is 88.8 Å². The lowest BCUT2D eigenvalue weighted by Gasteiger charge is -2.42. The van der Waals surface area contributed by atoms with Gasteiger partial charge in [-0.1, -0.05) is 6.07 Å². The van der Waals surface area contributed by atoms with Gasteiger partial charge in [0.25, 0.3) is 5.56 Å². The summed E-state index contributed by atoms with van der Waals surface area (Å²) in [7, 11) is 0. The van der Waals surface area contributed by atoms with Gasteiger partial charge in [-0.25, -0.2) is 18.4 Å². The summed E-state index contributed by atoms with van der Waals surface area (Å²) < 4.78 is 32.3. The van der Waals surface area contributed by atoms with E-state index in [-0.39, 0.29) is 16.9 Å². The van der Waals surface area contributed by atoms with Crippen LogP contribution in [-0.4, -0.2) is 52.8 Å². The highest BCUT2D eigenvalue weighted by Crippen LogP contribution is 2.34. The number of pyridine rings is 1. The summed E-state index contributed by atoms with van der Waals surface area (Å²) >= 11 is 0. The Morgan fingerprint density at radius 2 is 1.53 bits per heavy atom. The molecule has 2 aromatic carbocycles. The van der Waals surface area contributed by atoms with Crippen LogP contribution in [0.4, 0.5) is 8.78 Å². The molecular weight excluding hydrogens is 470 g/mol. The van der Waals surface area contributed by atoms with E-state index in [0.717, 1.165) is 43.9 Å². The van der Waals surface area contributed by atoms with E-state index in [4.69, 9.17) is 9.84 Å². The molecule has 2 atom stereocenters. The number of hydrogen-bond donors (Lipinski definition) is 1. The van der Waals surface area contributed by atoms with E-state index in [1.54, 1.807) is 6.07 Å². The van der Waals surface area contributed by atoms with Gasteiger partial charge in [-0.3, -0.25) is 9.69 Å². The van der Waals surface area contributed by atoms with Crippen LogP contribution in [0.5, 0.6) is 0 Å². The molecule has 0 spiro atoms. The highest BCUT2D eigenvalue weighted by atomic mass is 19.1. The Balaban J connectivity index is 0.000000256. The predicted octanol–water partition coefficient (Wildman–Crippen LogP) is 3.79. The first-order valence-corrected chi connectivity index (χ1v) is 11.6. The van der Waals surface area contributed by atoms with Crippen molar-refractivity contribution in [2.24, 2.45) is 5.92 Å². The van der Waals surface area contributed by atoms with Crippen LogP contribution in [0.15, 0.2) is 71.5 Å². The van der Waals surface area contributed by atoms with Crippen molar-refractivity contribution in [1.29, 1.82) is 0 Å². The molecule has 3 heterocycles. The van der Waals surface area contributed by atoms with Crippen LogP contribution >= 0.6 is 0 Å². The molecule has 1 fully saturated rings. The molecule has 5 rings (SSSR count). The number of aromatic carboxylic acids is 1. The molecule has 7 nitrogen and oxygen atoms in total. The highest BCUT2D eigenvalue weighted by molar-refractivity contribution is 5.89. The van der Waals surface area contributed by atoms with Gasteiger partial charge in [0, 0.05) is 43.9 Å². The van der Waals surface area contributed by atoms with E-state index in [2.05, 4.69) is 4.90 Å². The number of ether oxygens (including phenoxy) is 1. The summed E-state index contributed by atoms with van der Waals surface area (Å²) in [4.78, 5) is 36.5. The van der Waals surface area contributed by atoms with Gasteiger partial charge >= 0.3 is 11.9 Å². The van der Waals surface area contributed by atoms with Gasteiger partial charge in [0.1, 0.15) is 18.2 Å². The SMILES string of the molecule is O=C(O)c1ccc(F)cc1.O=C(OCCN1C[C@@H]2C[C@H](C1)c1cccc(=O)n1C2)c1ccc(F)cc1. The Bertz CT molecular complexity index is 1270. The number of nitrogens with zero attached hydrogens (tertiary/aromatic N) is 2. The highest BCUT2D eigenvalue weighted by Gasteiger charge is 2.34. The smallest absolute Gasteiger partial charge is 0.338 e. The summed E-state index contributed by atoms with van der Waals surface area (Å²) in [6.45, 7) is 3.51. The zero-order valence-corrected chi connectivity index (χ0v) is 19.5. The van der Waals surface area contributed by atoms with Crippen molar-refractivity contribution in [2.45, 2.75) is 18.9 Å². The van der Waals surface area contributed by atoms with Crippen molar-refractivity contribution < 1.29 is 28.2 Å². The molecule has 2 aliphatic heterocycles. The zero-order valence-electron chi connectivity index (χ0n) is 19.5. The predicted molar refractivity (Wildman–Crippen MR) is 128 cm³/mol. The van der Waals surface area contributed by atoms with Gasteiger partial charge in [0.05, 0.1) is 11.1 Å². The van der Waals surface area contributed by atoms with Gasteiger partial charge in [0.15, 0.2) is 0 Å². The molecule has 3 aromatic rings. The number of carbonyl (C=O) groups excluding carboxylic acids is 1. The van der Waals surface area contributed by atoms with Gasteiger partial charge in [-0.2, -0.15) is 0 Å². The normalized spacial score (nSPS) is 18.4. The third-order valence-electron chi connectivity index (χ3n) is 6.37. The van der Waals surface area contributed by atoms with Gasteiger partial charge in [-0.05, 0) is 66.9 Å². The molecule has 1 N–H and O–H groups in total. The molecule has 0 aliphatic carbocycles. The van der Waals surface area contributed by atoms with Crippen LogP contribution in [0.2, 0.25) is 0 Å². The van der Waals surface area contributed by atoms with Crippen molar-refractivity contribution in [3.05, 3.63) is 106 Å². The third kappa shape index (κ3) is 6.23. The van der Waals surface area contributed by atoms with Gasteiger partial charge in [-0.15, -0.1) is 0 Å². The number of aromatic nitrogens is 1. The number of rotatable bonds is 5. The molecule has 9 heteroatoms. The maximum atomic E-state index is 12.9. The van der Waals surface area contributed by atoms with E-state index >= 15 is 0 Å². The molecule has 0 unspecified atom stereocenters. The molecule has 1 saturated heterocycles. The number of carbonyl (C=O) groups is 2. The number of carboxylic acids is 1.